The molecule has 0 aliphatic carbocycles. The van der Waals surface area contributed by atoms with Gasteiger partial charge in [-0.3, -0.25) is 0 Å². The predicted octanol–water partition coefficient (Wildman–Crippen LogP) is 3.38. The first-order chi connectivity index (χ1) is 9.70. The van der Waals surface area contributed by atoms with Crippen LogP contribution in [0.25, 0.3) is 11.6 Å². The number of anilines is 1. The van der Waals surface area contributed by atoms with Crippen molar-refractivity contribution in [3.05, 3.63) is 41.0 Å². The molecule has 0 aliphatic heterocycles. The molecule has 102 valence electrons. The maximum absolute atomic E-state index is 5.58. The van der Waals surface area contributed by atoms with Crippen LogP contribution in [0.5, 0.6) is 0 Å². The van der Waals surface area contributed by atoms with Gasteiger partial charge in [-0.2, -0.15) is 4.98 Å². The van der Waals surface area contributed by atoms with Gasteiger partial charge in [0.25, 0.3) is 5.89 Å². The van der Waals surface area contributed by atoms with E-state index in [4.69, 9.17) is 10.3 Å². The van der Waals surface area contributed by atoms with Gasteiger partial charge in [-0.25, -0.2) is 4.98 Å². The number of nitrogens with zero attached hydrogens (tertiary/aromatic N) is 3. The zero-order chi connectivity index (χ0) is 13.9. The van der Waals surface area contributed by atoms with E-state index in [0.717, 1.165) is 0 Å². The van der Waals surface area contributed by atoms with Crippen LogP contribution in [-0.2, 0) is 5.75 Å². The fourth-order valence-corrected chi connectivity index (χ4v) is 2.86. The van der Waals surface area contributed by atoms with E-state index in [9.17, 15) is 0 Å². The molecule has 0 saturated heterocycles. The van der Waals surface area contributed by atoms with Crippen molar-refractivity contribution in [1.29, 1.82) is 0 Å². The molecule has 0 radical (unpaired) electrons. The van der Waals surface area contributed by atoms with Gasteiger partial charge in [0.1, 0.15) is 5.69 Å². The maximum Gasteiger partial charge on any atom is 0.277 e. The highest BCUT2D eigenvalue weighted by atomic mass is 32.2. The highest BCUT2D eigenvalue weighted by Crippen LogP contribution is 2.25. The minimum absolute atomic E-state index is 0.414. The van der Waals surface area contributed by atoms with Crippen LogP contribution in [0.4, 0.5) is 5.13 Å². The van der Waals surface area contributed by atoms with Crippen LogP contribution in [0.1, 0.15) is 11.4 Å². The number of aryl methyl sites for hydroxylation is 1. The van der Waals surface area contributed by atoms with Crippen molar-refractivity contribution >= 4 is 28.2 Å². The Morgan fingerprint density at radius 2 is 2.05 bits per heavy atom. The average Bonchev–Trinajstić information content (AvgIpc) is 3.07. The minimum Gasteiger partial charge on any atom is -0.375 e. The van der Waals surface area contributed by atoms with Crippen LogP contribution in [0.2, 0.25) is 0 Å². The zero-order valence-corrected chi connectivity index (χ0v) is 12.4. The molecular formula is C13H12N4OS2. The Kier molecular flexibility index (Phi) is 3.70. The topological polar surface area (TPSA) is 77.8 Å². The summed E-state index contributed by atoms with van der Waals surface area (Å²) in [7, 11) is 0. The van der Waals surface area contributed by atoms with Gasteiger partial charge in [0, 0.05) is 10.3 Å². The van der Waals surface area contributed by atoms with Crippen LogP contribution in [-0.4, -0.2) is 15.1 Å². The van der Waals surface area contributed by atoms with Crippen molar-refractivity contribution < 1.29 is 4.52 Å². The second-order valence-electron chi connectivity index (χ2n) is 4.19. The van der Waals surface area contributed by atoms with Crippen molar-refractivity contribution in [1.82, 2.24) is 15.1 Å². The number of hydrogen-bond acceptors (Lipinski definition) is 7. The zero-order valence-electron chi connectivity index (χ0n) is 10.7. The molecule has 0 saturated carbocycles. The van der Waals surface area contributed by atoms with E-state index in [-0.39, 0.29) is 0 Å². The summed E-state index contributed by atoms with van der Waals surface area (Å²) in [6, 6.07) is 8.34. The van der Waals surface area contributed by atoms with Crippen molar-refractivity contribution in [2.45, 2.75) is 17.6 Å². The first-order valence-corrected chi connectivity index (χ1v) is 7.80. The molecule has 1 aromatic carbocycles. The summed E-state index contributed by atoms with van der Waals surface area (Å²) in [6.07, 6.45) is 0. The largest absolute Gasteiger partial charge is 0.375 e. The van der Waals surface area contributed by atoms with Gasteiger partial charge in [-0.05, 0) is 19.1 Å². The van der Waals surface area contributed by atoms with Gasteiger partial charge in [-0.15, -0.1) is 23.1 Å². The Labute approximate surface area is 124 Å². The minimum atomic E-state index is 0.414. The highest BCUT2D eigenvalue weighted by molar-refractivity contribution is 7.98. The lowest BCUT2D eigenvalue weighted by Gasteiger charge is -1.98. The molecule has 2 N–H and O–H groups in total. The van der Waals surface area contributed by atoms with Gasteiger partial charge in [0.15, 0.2) is 11.0 Å². The van der Waals surface area contributed by atoms with Gasteiger partial charge < -0.3 is 10.3 Å². The van der Waals surface area contributed by atoms with Crippen LogP contribution >= 0.6 is 23.1 Å². The summed E-state index contributed by atoms with van der Waals surface area (Å²) in [6.45, 7) is 2.07. The SMILES string of the molecule is Cc1ccc(SCc2noc(-c3csc(N)n3)n2)cc1. The number of aromatic nitrogens is 3. The van der Waals surface area contributed by atoms with E-state index in [1.165, 1.54) is 21.8 Å². The van der Waals surface area contributed by atoms with Crippen molar-refractivity contribution in [3.8, 4) is 11.6 Å². The molecule has 5 nitrogen and oxygen atoms in total. The van der Waals surface area contributed by atoms with Crippen LogP contribution in [0.3, 0.4) is 0 Å². The maximum atomic E-state index is 5.58. The molecule has 20 heavy (non-hydrogen) atoms. The monoisotopic (exact) mass is 304 g/mol. The number of nitrogens with two attached hydrogens (primary N) is 1. The molecule has 0 fully saturated rings. The highest BCUT2D eigenvalue weighted by Gasteiger charge is 2.11. The average molecular weight is 304 g/mol. The molecule has 3 aromatic rings. The molecule has 3 rings (SSSR count). The number of hydrogen-bond donors (Lipinski definition) is 1. The lowest BCUT2D eigenvalue weighted by molar-refractivity contribution is 0.424. The smallest absolute Gasteiger partial charge is 0.277 e. The molecule has 0 unspecified atom stereocenters. The fourth-order valence-electron chi connectivity index (χ4n) is 1.58. The number of rotatable bonds is 4. The second kappa shape index (κ2) is 5.64. The Morgan fingerprint density at radius 1 is 1.25 bits per heavy atom. The normalized spacial score (nSPS) is 10.8. The third kappa shape index (κ3) is 3.00. The molecule has 2 aromatic heterocycles. The summed E-state index contributed by atoms with van der Waals surface area (Å²) in [5.41, 5.74) is 7.46. The van der Waals surface area contributed by atoms with Crippen LogP contribution in [0, 0.1) is 6.92 Å². The Hall–Kier alpha value is -1.86. The number of thioether (sulfide) groups is 1. The van der Waals surface area contributed by atoms with E-state index < -0.39 is 0 Å². The van der Waals surface area contributed by atoms with E-state index in [1.54, 1.807) is 17.1 Å². The molecule has 0 amide bonds. The quantitative estimate of drug-likeness (QED) is 0.744. The third-order valence-corrected chi connectivity index (χ3v) is 4.28. The van der Waals surface area contributed by atoms with Crippen molar-refractivity contribution in [3.63, 3.8) is 0 Å². The summed E-state index contributed by atoms with van der Waals surface area (Å²) < 4.78 is 5.19. The lowest BCUT2D eigenvalue weighted by Crippen LogP contribution is -1.85. The lowest BCUT2D eigenvalue weighted by atomic mass is 10.2. The molecule has 0 atom stereocenters. The molecule has 0 aliphatic rings. The summed E-state index contributed by atoms with van der Waals surface area (Å²) in [4.78, 5) is 9.61. The van der Waals surface area contributed by atoms with E-state index >= 15 is 0 Å². The summed E-state index contributed by atoms with van der Waals surface area (Å²) >= 11 is 3.02. The fraction of sp³-hybridized carbons (Fsp3) is 0.154. The van der Waals surface area contributed by atoms with Gasteiger partial charge in [0.2, 0.25) is 0 Å². The number of nitrogen functional groups attached to an aromatic ring is 1. The van der Waals surface area contributed by atoms with Gasteiger partial charge in [-0.1, -0.05) is 22.9 Å². The molecule has 0 bridgehead atoms. The molecular weight excluding hydrogens is 292 g/mol. The predicted molar refractivity (Wildman–Crippen MR) is 80.6 cm³/mol. The van der Waals surface area contributed by atoms with Crippen molar-refractivity contribution in [2.75, 3.05) is 5.73 Å². The Morgan fingerprint density at radius 3 is 2.75 bits per heavy atom. The van der Waals surface area contributed by atoms with E-state index in [0.29, 0.717) is 28.3 Å². The Bertz CT molecular complexity index is 705. The van der Waals surface area contributed by atoms with Crippen molar-refractivity contribution in [2.24, 2.45) is 0 Å². The molecule has 7 heteroatoms. The first kappa shape index (κ1) is 13.1. The van der Waals surface area contributed by atoms with E-state index in [1.807, 2.05) is 0 Å². The van der Waals surface area contributed by atoms with Crippen LogP contribution < -0.4 is 5.73 Å². The summed E-state index contributed by atoms with van der Waals surface area (Å²) in [5, 5.41) is 6.25. The number of thiazole rings is 1. The molecule has 0 spiro atoms. The number of benzene rings is 1. The second-order valence-corrected chi connectivity index (χ2v) is 6.13. The molecule has 2 heterocycles. The van der Waals surface area contributed by atoms with Gasteiger partial charge in [0.05, 0.1) is 5.75 Å². The summed E-state index contributed by atoms with van der Waals surface area (Å²) in [5.74, 6) is 1.72. The van der Waals surface area contributed by atoms with E-state index in [2.05, 4.69) is 46.3 Å². The third-order valence-electron chi connectivity index (χ3n) is 2.60. The first-order valence-electron chi connectivity index (χ1n) is 5.94. The van der Waals surface area contributed by atoms with Gasteiger partial charge >= 0.3 is 0 Å². The standard InChI is InChI=1S/C13H12N4OS2/c1-8-2-4-9(5-3-8)19-7-11-16-12(18-17-11)10-6-20-13(14)15-10/h2-6H,7H2,1H3,(H2,14,15). The van der Waals surface area contributed by atoms with Crippen LogP contribution in [0.15, 0.2) is 39.1 Å². The Balaban J connectivity index is 1.67.